The van der Waals surface area contributed by atoms with Gasteiger partial charge in [0.15, 0.2) is 6.10 Å². The number of hydrogen-bond donors (Lipinski definition) is 2. The van der Waals surface area contributed by atoms with Gasteiger partial charge in [0.1, 0.15) is 5.69 Å². The molecule has 7 heteroatoms. The van der Waals surface area contributed by atoms with Gasteiger partial charge in [-0.05, 0) is 38.8 Å². The SMILES string of the molecule is CCOC(=O)c1[nH]c(C)c(C(=O)O[C@H](C)C(=O)NCc2ccccc2)c1C. The zero-order valence-corrected chi connectivity index (χ0v) is 15.9. The van der Waals surface area contributed by atoms with Crippen LogP contribution in [0.4, 0.5) is 0 Å². The van der Waals surface area contributed by atoms with Crippen LogP contribution in [0.3, 0.4) is 0 Å². The summed E-state index contributed by atoms with van der Waals surface area (Å²) >= 11 is 0. The number of aromatic nitrogens is 1. The molecule has 1 heterocycles. The number of benzene rings is 1. The lowest BCUT2D eigenvalue weighted by molar-refractivity contribution is -0.129. The molecule has 0 aliphatic rings. The summed E-state index contributed by atoms with van der Waals surface area (Å²) in [4.78, 5) is 39.5. The summed E-state index contributed by atoms with van der Waals surface area (Å²) in [6.07, 6.45) is -0.971. The van der Waals surface area contributed by atoms with E-state index in [1.165, 1.54) is 6.92 Å². The molecule has 0 saturated carbocycles. The molecule has 0 fully saturated rings. The first kappa shape index (κ1) is 20.2. The standard InChI is InChI=1S/C20H24N2O5/c1-5-26-20(25)17-12(2)16(13(3)22-17)19(24)27-14(4)18(23)21-11-15-9-7-6-8-10-15/h6-10,14,22H,5,11H2,1-4H3,(H,21,23)/t14-/m1/s1. The van der Waals surface area contributed by atoms with E-state index in [4.69, 9.17) is 9.47 Å². The predicted molar refractivity (Wildman–Crippen MR) is 99.4 cm³/mol. The topological polar surface area (TPSA) is 97.5 Å². The number of aryl methyl sites for hydroxylation is 1. The molecule has 0 aliphatic heterocycles. The van der Waals surface area contributed by atoms with Crippen molar-refractivity contribution in [2.24, 2.45) is 0 Å². The van der Waals surface area contributed by atoms with Gasteiger partial charge in [0.2, 0.25) is 0 Å². The number of ether oxygens (including phenoxy) is 2. The van der Waals surface area contributed by atoms with Gasteiger partial charge in [-0.1, -0.05) is 30.3 Å². The van der Waals surface area contributed by atoms with Gasteiger partial charge in [-0.25, -0.2) is 9.59 Å². The molecule has 1 amide bonds. The van der Waals surface area contributed by atoms with Crippen LogP contribution in [0, 0.1) is 13.8 Å². The number of hydrogen-bond acceptors (Lipinski definition) is 5. The van der Waals surface area contributed by atoms with Crippen molar-refractivity contribution in [3.05, 3.63) is 58.4 Å². The van der Waals surface area contributed by atoms with E-state index < -0.39 is 23.9 Å². The van der Waals surface area contributed by atoms with Crippen LogP contribution in [-0.4, -0.2) is 35.5 Å². The molecule has 0 saturated heterocycles. The fourth-order valence-corrected chi connectivity index (χ4v) is 2.67. The summed E-state index contributed by atoms with van der Waals surface area (Å²) < 4.78 is 10.2. The van der Waals surface area contributed by atoms with Crippen LogP contribution in [-0.2, 0) is 20.8 Å². The fourth-order valence-electron chi connectivity index (χ4n) is 2.67. The summed E-state index contributed by atoms with van der Waals surface area (Å²) in [7, 11) is 0. The Morgan fingerprint density at radius 3 is 2.41 bits per heavy atom. The zero-order chi connectivity index (χ0) is 20.0. The van der Waals surface area contributed by atoms with Gasteiger partial charge < -0.3 is 19.8 Å². The van der Waals surface area contributed by atoms with E-state index in [9.17, 15) is 14.4 Å². The average molecular weight is 372 g/mol. The molecule has 1 aromatic carbocycles. The highest BCUT2D eigenvalue weighted by molar-refractivity contribution is 5.99. The van der Waals surface area contributed by atoms with E-state index in [-0.39, 0.29) is 17.9 Å². The monoisotopic (exact) mass is 372 g/mol. The molecule has 1 atom stereocenters. The Labute approximate surface area is 158 Å². The van der Waals surface area contributed by atoms with Crippen LogP contribution in [0.2, 0.25) is 0 Å². The molecule has 27 heavy (non-hydrogen) atoms. The van der Waals surface area contributed by atoms with E-state index >= 15 is 0 Å². The van der Waals surface area contributed by atoms with Crippen molar-refractivity contribution in [2.45, 2.75) is 40.3 Å². The van der Waals surface area contributed by atoms with Crippen LogP contribution in [0.25, 0.3) is 0 Å². The Hall–Kier alpha value is -3.09. The molecular formula is C20H24N2O5. The Balaban J connectivity index is 2.01. The zero-order valence-electron chi connectivity index (χ0n) is 15.9. The highest BCUT2D eigenvalue weighted by Crippen LogP contribution is 2.20. The summed E-state index contributed by atoms with van der Waals surface area (Å²) in [5.74, 6) is -1.60. The second-order valence-electron chi connectivity index (χ2n) is 6.10. The van der Waals surface area contributed by atoms with Crippen LogP contribution >= 0.6 is 0 Å². The minimum Gasteiger partial charge on any atom is -0.461 e. The third kappa shape index (κ3) is 4.97. The number of aromatic amines is 1. The van der Waals surface area contributed by atoms with E-state index in [1.807, 2.05) is 30.3 Å². The first-order chi connectivity index (χ1) is 12.8. The van der Waals surface area contributed by atoms with Crippen molar-refractivity contribution in [1.29, 1.82) is 0 Å². The van der Waals surface area contributed by atoms with Crippen LogP contribution < -0.4 is 5.32 Å². The maximum absolute atomic E-state index is 12.5. The molecule has 2 rings (SSSR count). The molecule has 0 spiro atoms. The second kappa shape index (κ2) is 9.02. The van der Waals surface area contributed by atoms with Crippen molar-refractivity contribution in [3.8, 4) is 0 Å². The minimum absolute atomic E-state index is 0.211. The Morgan fingerprint density at radius 1 is 1.11 bits per heavy atom. The lowest BCUT2D eigenvalue weighted by Crippen LogP contribution is -2.35. The lowest BCUT2D eigenvalue weighted by Gasteiger charge is -2.14. The molecule has 0 unspecified atom stereocenters. The average Bonchev–Trinajstić information content (AvgIpc) is 2.95. The molecule has 1 aromatic heterocycles. The maximum atomic E-state index is 12.5. The van der Waals surface area contributed by atoms with Crippen molar-refractivity contribution < 1.29 is 23.9 Å². The minimum atomic E-state index is -0.971. The van der Waals surface area contributed by atoms with Crippen molar-refractivity contribution >= 4 is 17.8 Å². The molecule has 2 N–H and O–H groups in total. The Bertz CT molecular complexity index is 826. The molecule has 144 valence electrons. The molecule has 0 bridgehead atoms. The normalized spacial score (nSPS) is 11.6. The third-order valence-corrected chi connectivity index (χ3v) is 4.08. The summed E-state index contributed by atoms with van der Waals surface area (Å²) in [5, 5.41) is 2.73. The van der Waals surface area contributed by atoms with E-state index in [2.05, 4.69) is 10.3 Å². The Morgan fingerprint density at radius 2 is 1.78 bits per heavy atom. The largest absolute Gasteiger partial charge is 0.461 e. The third-order valence-electron chi connectivity index (χ3n) is 4.08. The van der Waals surface area contributed by atoms with Gasteiger partial charge in [-0.2, -0.15) is 0 Å². The van der Waals surface area contributed by atoms with Crippen LogP contribution in [0.1, 0.15) is 51.5 Å². The number of carbonyl (C=O) groups is 3. The first-order valence-electron chi connectivity index (χ1n) is 8.74. The van der Waals surface area contributed by atoms with Crippen molar-refractivity contribution in [2.75, 3.05) is 6.61 Å². The Kier molecular flexibility index (Phi) is 6.76. The number of H-pyrrole nitrogens is 1. The fraction of sp³-hybridized carbons (Fsp3) is 0.350. The molecule has 2 aromatic rings. The van der Waals surface area contributed by atoms with Crippen molar-refractivity contribution in [3.63, 3.8) is 0 Å². The maximum Gasteiger partial charge on any atom is 0.355 e. The van der Waals surface area contributed by atoms with E-state index in [1.54, 1.807) is 20.8 Å². The van der Waals surface area contributed by atoms with Crippen LogP contribution in [0.5, 0.6) is 0 Å². The summed E-state index contributed by atoms with van der Waals surface area (Å²) in [5.41, 5.74) is 2.31. The molecular weight excluding hydrogens is 348 g/mol. The first-order valence-corrected chi connectivity index (χ1v) is 8.74. The number of esters is 2. The number of carbonyl (C=O) groups excluding carboxylic acids is 3. The van der Waals surface area contributed by atoms with Crippen LogP contribution in [0.15, 0.2) is 30.3 Å². The van der Waals surface area contributed by atoms with Gasteiger partial charge in [-0.15, -0.1) is 0 Å². The number of rotatable bonds is 7. The highest BCUT2D eigenvalue weighted by Gasteiger charge is 2.26. The highest BCUT2D eigenvalue weighted by atomic mass is 16.5. The van der Waals surface area contributed by atoms with Gasteiger partial charge in [0.25, 0.3) is 5.91 Å². The lowest BCUT2D eigenvalue weighted by atomic mass is 10.1. The van der Waals surface area contributed by atoms with Gasteiger partial charge in [0, 0.05) is 12.2 Å². The summed E-state index contributed by atoms with van der Waals surface area (Å²) in [6, 6.07) is 9.43. The van der Waals surface area contributed by atoms with Gasteiger partial charge >= 0.3 is 11.9 Å². The quantitative estimate of drug-likeness (QED) is 0.728. The predicted octanol–water partition coefficient (Wildman–Crippen LogP) is 2.67. The van der Waals surface area contributed by atoms with Gasteiger partial charge in [0.05, 0.1) is 12.2 Å². The number of amides is 1. The number of nitrogens with one attached hydrogen (secondary N) is 2. The molecule has 7 nitrogen and oxygen atoms in total. The summed E-state index contributed by atoms with van der Waals surface area (Å²) in [6.45, 7) is 7.07. The molecule has 0 radical (unpaired) electrons. The van der Waals surface area contributed by atoms with E-state index in [0.29, 0.717) is 17.8 Å². The van der Waals surface area contributed by atoms with Crippen molar-refractivity contribution in [1.82, 2.24) is 10.3 Å². The van der Waals surface area contributed by atoms with Gasteiger partial charge in [-0.3, -0.25) is 4.79 Å². The second-order valence-corrected chi connectivity index (χ2v) is 6.10. The van der Waals surface area contributed by atoms with E-state index in [0.717, 1.165) is 5.56 Å². The molecule has 0 aliphatic carbocycles. The smallest absolute Gasteiger partial charge is 0.355 e.